The molecule has 0 aliphatic rings. The molecule has 0 saturated heterocycles. The minimum absolute atomic E-state index is 1.11. The van der Waals surface area contributed by atoms with E-state index in [1.54, 1.807) is 0 Å². The minimum atomic E-state index is 1.11. The Morgan fingerprint density at radius 3 is 2.80 bits per heavy atom. The SMILES string of the molecule is C=C/C=C/CCCCNI. The van der Waals surface area contributed by atoms with Gasteiger partial charge in [-0.2, -0.15) is 0 Å². The van der Waals surface area contributed by atoms with Crippen molar-refractivity contribution in [2.75, 3.05) is 6.54 Å². The second kappa shape index (κ2) is 9.17. The van der Waals surface area contributed by atoms with Gasteiger partial charge in [-0.3, -0.25) is 3.53 Å². The van der Waals surface area contributed by atoms with Gasteiger partial charge >= 0.3 is 0 Å². The van der Waals surface area contributed by atoms with E-state index in [1.165, 1.54) is 19.3 Å². The maximum Gasteiger partial charge on any atom is 0.0169 e. The summed E-state index contributed by atoms with van der Waals surface area (Å²) < 4.78 is 3.08. The van der Waals surface area contributed by atoms with Crippen LogP contribution in [0.15, 0.2) is 24.8 Å². The van der Waals surface area contributed by atoms with Crippen LogP contribution in [0, 0.1) is 0 Å². The van der Waals surface area contributed by atoms with Crippen molar-refractivity contribution in [1.82, 2.24) is 3.53 Å². The number of rotatable bonds is 6. The highest BCUT2D eigenvalue weighted by Gasteiger charge is 1.82. The Bertz CT molecular complexity index is 99.4. The summed E-state index contributed by atoms with van der Waals surface area (Å²) >= 11 is 2.17. The van der Waals surface area contributed by atoms with Gasteiger partial charge in [-0.05, 0) is 19.3 Å². The predicted molar refractivity (Wildman–Crippen MR) is 55.2 cm³/mol. The van der Waals surface area contributed by atoms with E-state index in [0.29, 0.717) is 0 Å². The highest BCUT2D eigenvalue weighted by atomic mass is 127. The topological polar surface area (TPSA) is 12.0 Å². The maximum atomic E-state index is 3.59. The second-order valence-electron chi connectivity index (χ2n) is 2.04. The van der Waals surface area contributed by atoms with Crippen LogP contribution in [0.5, 0.6) is 0 Å². The van der Waals surface area contributed by atoms with Crippen LogP contribution >= 0.6 is 22.9 Å². The van der Waals surface area contributed by atoms with Crippen molar-refractivity contribution in [2.24, 2.45) is 0 Å². The molecule has 58 valence electrons. The molecule has 0 fully saturated rings. The van der Waals surface area contributed by atoms with Gasteiger partial charge in [0.15, 0.2) is 0 Å². The molecule has 0 rings (SSSR count). The molecule has 0 radical (unpaired) electrons. The fourth-order valence-corrected chi connectivity index (χ4v) is 1.03. The van der Waals surface area contributed by atoms with E-state index in [4.69, 9.17) is 0 Å². The lowest BCUT2D eigenvalue weighted by Crippen LogP contribution is -1.98. The number of nitrogens with one attached hydrogen (secondary N) is 1. The zero-order chi connectivity index (χ0) is 7.66. The molecule has 10 heavy (non-hydrogen) atoms. The zero-order valence-electron chi connectivity index (χ0n) is 6.15. The van der Waals surface area contributed by atoms with Gasteiger partial charge in [0.25, 0.3) is 0 Å². The Labute approximate surface area is 77.1 Å². The molecule has 0 heterocycles. The van der Waals surface area contributed by atoms with E-state index in [9.17, 15) is 0 Å². The van der Waals surface area contributed by atoms with Crippen LogP contribution in [0.2, 0.25) is 0 Å². The van der Waals surface area contributed by atoms with Gasteiger partial charge < -0.3 is 0 Å². The average molecular weight is 251 g/mol. The molecule has 0 unspecified atom stereocenters. The summed E-state index contributed by atoms with van der Waals surface area (Å²) in [4.78, 5) is 0. The van der Waals surface area contributed by atoms with E-state index in [-0.39, 0.29) is 0 Å². The molecule has 0 aliphatic carbocycles. The monoisotopic (exact) mass is 251 g/mol. The fraction of sp³-hybridized carbons (Fsp3) is 0.500. The lowest BCUT2D eigenvalue weighted by molar-refractivity contribution is 0.745. The molecule has 1 nitrogen and oxygen atoms in total. The van der Waals surface area contributed by atoms with Crippen LogP contribution in [-0.2, 0) is 0 Å². The Morgan fingerprint density at radius 2 is 2.20 bits per heavy atom. The van der Waals surface area contributed by atoms with Crippen LogP contribution in [0.25, 0.3) is 0 Å². The molecule has 2 heteroatoms. The van der Waals surface area contributed by atoms with Crippen LogP contribution in [0.1, 0.15) is 19.3 Å². The molecule has 0 aromatic heterocycles. The zero-order valence-corrected chi connectivity index (χ0v) is 8.30. The van der Waals surface area contributed by atoms with Crippen molar-refractivity contribution in [1.29, 1.82) is 0 Å². The summed E-state index contributed by atoms with van der Waals surface area (Å²) in [5, 5.41) is 0. The van der Waals surface area contributed by atoms with Crippen LogP contribution in [0.3, 0.4) is 0 Å². The van der Waals surface area contributed by atoms with E-state index in [1.807, 2.05) is 12.2 Å². The number of hydrogen-bond acceptors (Lipinski definition) is 1. The normalized spacial score (nSPS) is 10.5. The highest BCUT2D eigenvalue weighted by molar-refractivity contribution is 14.1. The first-order valence-corrected chi connectivity index (χ1v) is 4.60. The maximum absolute atomic E-state index is 3.59. The number of hydrogen-bond donors (Lipinski definition) is 1. The summed E-state index contributed by atoms with van der Waals surface area (Å²) in [6.07, 6.45) is 9.66. The standard InChI is InChI=1S/C8H14IN/c1-2-3-4-5-6-7-8-10-9/h2-4,10H,1,5-8H2/b4-3+. The average Bonchev–Trinajstić information content (AvgIpc) is 1.97. The Kier molecular flexibility index (Phi) is 9.33. The molecule has 0 spiro atoms. The van der Waals surface area contributed by atoms with Gasteiger partial charge in [0.1, 0.15) is 0 Å². The van der Waals surface area contributed by atoms with Crippen LogP contribution < -0.4 is 3.53 Å². The van der Waals surface area contributed by atoms with Gasteiger partial charge in [-0.25, -0.2) is 0 Å². The third-order valence-electron chi connectivity index (χ3n) is 1.16. The minimum Gasteiger partial charge on any atom is -0.261 e. The van der Waals surface area contributed by atoms with E-state index < -0.39 is 0 Å². The molecule has 0 aromatic rings. The van der Waals surface area contributed by atoms with Crippen molar-refractivity contribution in [3.63, 3.8) is 0 Å². The highest BCUT2D eigenvalue weighted by Crippen LogP contribution is 1.95. The smallest absolute Gasteiger partial charge is 0.0169 e. The largest absolute Gasteiger partial charge is 0.261 e. The Hall–Kier alpha value is 0.170. The van der Waals surface area contributed by atoms with E-state index >= 15 is 0 Å². The summed E-state index contributed by atoms with van der Waals surface area (Å²) in [6, 6.07) is 0. The predicted octanol–water partition coefficient (Wildman–Crippen LogP) is 2.84. The molecule has 0 aromatic carbocycles. The Morgan fingerprint density at radius 1 is 1.40 bits per heavy atom. The second-order valence-corrected chi connectivity index (χ2v) is 2.81. The van der Waals surface area contributed by atoms with E-state index in [0.717, 1.165) is 6.54 Å². The lowest BCUT2D eigenvalue weighted by atomic mass is 10.2. The molecular formula is C8H14IN. The molecule has 0 atom stereocenters. The summed E-state index contributed by atoms with van der Waals surface area (Å²) in [5.41, 5.74) is 0. The first-order valence-electron chi connectivity index (χ1n) is 3.53. The van der Waals surface area contributed by atoms with Crippen LogP contribution in [0.4, 0.5) is 0 Å². The van der Waals surface area contributed by atoms with Crippen molar-refractivity contribution in [3.8, 4) is 0 Å². The Balaban J connectivity index is 2.90. The molecule has 0 bridgehead atoms. The van der Waals surface area contributed by atoms with Crippen molar-refractivity contribution >= 4 is 22.9 Å². The third-order valence-corrected chi connectivity index (χ3v) is 1.70. The third kappa shape index (κ3) is 8.17. The van der Waals surface area contributed by atoms with Gasteiger partial charge in [0, 0.05) is 29.4 Å². The van der Waals surface area contributed by atoms with Crippen molar-refractivity contribution < 1.29 is 0 Å². The first-order chi connectivity index (χ1) is 4.91. The molecule has 0 aliphatic heterocycles. The lowest BCUT2D eigenvalue weighted by Gasteiger charge is -1.93. The summed E-state index contributed by atoms with van der Waals surface area (Å²) in [7, 11) is 0. The molecule has 0 amide bonds. The fourth-order valence-electron chi connectivity index (χ4n) is 0.646. The van der Waals surface area contributed by atoms with Gasteiger partial charge in [0.2, 0.25) is 0 Å². The summed E-state index contributed by atoms with van der Waals surface area (Å²) in [6.45, 7) is 4.71. The van der Waals surface area contributed by atoms with Gasteiger partial charge in [-0.15, -0.1) is 0 Å². The summed E-state index contributed by atoms with van der Waals surface area (Å²) in [5.74, 6) is 0. The number of allylic oxidation sites excluding steroid dienone is 3. The number of halogens is 1. The molecule has 0 saturated carbocycles. The van der Waals surface area contributed by atoms with Gasteiger partial charge in [-0.1, -0.05) is 24.8 Å². The number of unbranched alkanes of at least 4 members (excludes halogenated alkanes) is 2. The quantitative estimate of drug-likeness (QED) is 0.331. The van der Waals surface area contributed by atoms with Crippen LogP contribution in [-0.4, -0.2) is 6.54 Å². The van der Waals surface area contributed by atoms with Crippen molar-refractivity contribution in [2.45, 2.75) is 19.3 Å². The van der Waals surface area contributed by atoms with E-state index in [2.05, 4.69) is 39.0 Å². The van der Waals surface area contributed by atoms with Gasteiger partial charge in [0.05, 0.1) is 0 Å². The van der Waals surface area contributed by atoms with Crippen molar-refractivity contribution in [3.05, 3.63) is 24.8 Å². The molecule has 1 N–H and O–H groups in total. The molecular weight excluding hydrogens is 237 g/mol. The first kappa shape index (κ1) is 10.2.